The zero-order chi connectivity index (χ0) is 13.0. The zero-order valence-electron chi connectivity index (χ0n) is 10.7. The summed E-state index contributed by atoms with van der Waals surface area (Å²) in [5.74, 6) is 1.03. The van der Waals surface area contributed by atoms with E-state index in [0.29, 0.717) is 11.7 Å². The van der Waals surface area contributed by atoms with Crippen molar-refractivity contribution in [2.24, 2.45) is 5.92 Å². The predicted molar refractivity (Wildman–Crippen MR) is 69.7 cm³/mol. The Morgan fingerprint density at radius 3 is 2.89 bits per heavy atom. The molecule has 1 fully saturated rings. The molecule has 1 aliphatic rings. The minimum Gasteiger partial charge on any atom is -0.504 e. The highest BCUT2D eigenvalue weighted by atomic mass is 16.5. The van der Waals surface area contributed by atoms with Crippen LogP contribution in [0.5, 0.6) is 11.5 Å². The molecule has 0 aromatic heterocycles. The van der Waals surface area contributed by atoms with Gasteiger partial charge in [-0.25, -0.2) is 0 Å². The van der Waals surface area contributed by atoms with Gasteiger partial charge in [-0.05, 0) is 36.5 Å². The number of methoxy groups -OCH3 is 1. The van der Waals surface area contributed by atoms with Crippen LogP contribution in [0.1, 0.15) is 24.8 Å². The highest BCUT2D eigenvalue weighted by molar-refractivity contribution is 5.41. The number of ether oxygens (including phenoxy) is 1. The van der Waals surface area contributed by atoms with Crippen LogP contribution in [-0.2, 0) is 6.54 Å². The van der Waals surface area contributed by atoms with E-state index >= 15 is 0 Å². The number of phenolic OH excluding ortho intramolecular Hbond substituents is 1. The number of phenols is 1. The van der Waals surface area contributed by atoms with Gasteiger partial charge in [0, 0.05) is 13.1 Å². The molecule has 0 spiro atoms. The fraction of sp³-hybridized carbons (Fsp3) is 0.571. The maximum absolute atomic E-state index is 9.71. The molecule has 18 heavy (non-hydrogen) atoms. The largest absolute Gasteiger partial charge is 0.504 e. The second-order valence-electron chi connectivity index (χ2n) is 4.90. The van der Waals surface area contributed by atoms with Crippen molar-refractivity contribution in [3.8, 4) is 11.5 Å². The average molecular weight is 251 g/mol. The number of rotatable bonds is 5. The number of benzene rings is 1. The highest BCUT2D eigenvalue weighted by Crippen LogP contribution is 2.27. The van der Waals surface area contributed by atoms with Crippen molar-refractivity contribution >= 4 is 0 Å². The molecule has 0 amide bonds. The quantitative estimate of drug-likeness (QED) is 0.744. The minimum atomic E-state index is -0.146. The monoisotopic (exact) mass is 251 g/mol. The van der Waals surface area contributed by atoms with Crippen LogP contribution in [0.15, 0.2) is 18.2 Å². The van der Waals surface area contributed by atoms with Crippen LogP contribution in [0.25, 0.3) is 0 Å². The number of aromatic hydroxyl groups is 1. The van der Waals surface area contributed by atoms with Gasteiger partial charge in [-0.2, -0.15) is 0 Å². The van der Waals surface area contributed by atoms with Crippen molar-refractivity contribution in [2.75, 3.05) is 13.7 Å². The van der Waals surface area contributed by atoms with Crippen LogP contribution < -0.4 is 10.1 Å². The lowest BCUT2D eigenvalue weighted by molar-refractivity contribution is 0.131. The third-order valence-corrected chi connectivity index (χ3v) is 3.60. The standard InChI is InChI=1S/C14H21NO3/c1-18-14-7-10(5-6-13(14)17)8-15-9-11-3-2-4-12(11)16/h5-7,11-12,15-17H,2-4,8-9H2,1H3. The number of nitrogens with one attached hydrogen (secondary N) is 1. The maximum atomic E-state index is 9.71. The van der Waals surface area contributed by atoms with Crippen LogP contribution >= 0.6 is 0 Å². The van der Waals surface area contributed by atoms with Gasteiger partial charge in [0.2, 0.25) is 0 Å². The molecular weight excluding hydrogens is 230 g/mol. The van der Waals surface area contributed by atoms with Gasteiger partial charge in [-0.1, -0.05) is 12.5 Å². The average Bonchev–Trinajstić information content (AvgIpc) is 2.77. The van der Waals surface area contributed by atoms with E-state index in [-0.39, 0.29) is 11.9 Å². The van der Waals surface area contributed by atoms with Gasteiger partial charge in [-0.3, -0.25) is 0 Å². The van der Waals surface area contributed by atoms with Crippen molar-refractivity contribution in [3.05, 3.63) is 23.8 Å². The Bertz CT molecular complexity index is 395. The summed E-state index contributed by atoms with van der Waals surface area (Å²) in [6.45, 7) is 1.56. The van der Waals surface area contributed by atoms with Crippen molar-refractivity contribution in [2.45, 2.75) is 31.9 Å². The Morgan fingerprint density at radius 1 is 1.39 bits per heavy atom. The van der Waals surface area contributed by atoms with Crippen LogP contribution in [0.3, 0.4) is 0 Å². The zero-order valence-corrected chi connectivity index (χ0v) is 10.7. The molecule has 0 heterocycles. The first-order chi connectivity index (χ1) is 8.70. The summed E-state index contributed by atoms with van der Waals surface area (Å²) in [7, 11) is 1.54. The summed E-state index contributed by atoms with van der Waals surface area (Å²) < 4.78 is 5.06. The molecule has 0 aliphatic heterocycles. The fourth-order valence-corrected chi connectivity index (χ4v) is 2.49. The second kappa shape index (κ2) is 6.07. The minimum absolute atomic E-state index is 0.146. The SMILES string of the molecule is COc1cc(CNCC2CCCC2O)ccc1O. The van der Waals surface area contributed by atoms with E-state index in [1.165, 1.54) is 0 Å². The smallest absolute Gasteiger partial charge is 0.160 e. The van der Waals surface area contributed by atoms with Crippen LogP contribution in [0.2, 0.25) is 0 Å². The van der Waals surface area contributed by atoms with Gasteiger partial charge in [0.25, 0.3) is 0 Å². The van der Waals surface area contributed by atoms with E-state index < -0.39 is 0 Å². The van der Waals surface area contributed by atoms with E-state index in [0.717, 1.165) is 37.9 Å². The van der Waals surface area contributed by atoms with Gasteiger partial charge in [-0.15, -0.1) is 0 Å². The first-order valence-corrected chi connectivity index (χ1v) is 6.45. The summed E-state index contributed by atoms with van der Waals surface area (Å²) in [4.78, 5) is 0. The molecule has 4 nitrogen and oxygen atoms in total. The molecule has 3 N–H and O–H groups in total. The molecule has 0 bridgehead atoms. The first-order valence-electron chi connectivity index (χ1n) is 6.45. The highest BCUT2D eigenvalue weighted by Gasteiger charge is 2.24. The Morgan fingerprint density at radius 2 is 2.22 bits per heavy atom. The Balaban J connectivity index is 1.83. The summed E-state index contributed by atoms with van der Waals surface area (Å²) >= 11 is 0. The topological polar surface area (TPSA) is 61.7 Å². The summed E-state index contributed by atoms with van der Waals surface area (Å²) in [5.41, 5.74) is 1.07. The van der Waals surface area contributed by atoms with Gasteiger partial charge < -0.3 is 20.3 Å². The van der Waals surface area contributed by atoms with E-state index in [4.69, 9.17) is 4.74 Å². The Kier molecular flexibility index (Phi) is 4.44. The third-order valence-electron chi connectivity index (χ3n) is 3.60. The number of hydrogen-bond donors (Lipinski definition) is 3. The molecule has 1 aromatic rings. The van der Waals surface area contributed by atoms with E-state index in [1.807, 2.05) is 12.1 Å². The number of hydrogen-bond acceptors (Lipinski definition) is 4. The van der Waals surface area contributed by atoms with Crippen LogP contribution in [0.4, 0.5) is 0 Å². The van der Waals surface area contributed by atoms with Gasteiger partial charge in [0.15, 0.2) is 11.5 Å². The molecule has 4 heteroatoms. The summed E-state index contributed by atoms with van der Waals surface area (Å²) in [5, 5.41) is 22.5. The lowest BCUT2D eigenvalue weighted by Gasteiger charge is -2.15. The third kappa shape index (κ3) is 3.15. The molecule has 2 unspecified atom stereocenters. The van der Waals surface area contributed by atoms with Gasteiger partial charge >= 0.3 is 0 Å². The predicted octanol–water partition coefficient (Wildman–Crippen LogP) is 1.65. The van der Waals surface area contributed by atoms with Crippen LogP contribution in [0, 0.1) is 5.92 Å². The summed E-state index contributed by atoms with van der Waals surface area (Å²) in [6, 6.07) is 5.34. The first kappa shape index (κ1) is 13.2. The number of aliphatic hydroxyl groups excluding tert-OH is 1. The molecule has 2 atom stereocenters. The lowest BCUT2D eigenvalue weighted by Crippen LogP contribution is -2.27. The van der Waals surface area contributed by atoms with Gasteiger partial charge in [0.05, 0.1) is 13.2 Å². The molecule has 100 valence electrons. The lowest BCUT2D eigenvalue weighted by atomic mass is 10.1. The van der Waals surface area contributed by atoms with Crippen molar-refractivity contribution in [1.29, 1.82) is 0 Å². The van der Waals surface area contributed by atoms with Crippen molar-refractivity contribution < 1.29 is 14.9 Å². The van der Waals surface area contributed by atoms with Crippen molar-refractivity contribution in [3.63, 3.8) is 0 Å². The molecular formula is C14H21NO3. The molecule has 1 aliphatic carbocycles. The maximum Gasteiger partial charge on any atom is 0.160 e. The fourth-order valence-electron chi connectivity index (χ4n) is 2.49. The molecule has 0 radical (unpaired) electrons. The molecule has 1 saturated carbocycles. The van der Waals surface area contributed by atoms with Crippen molar-refractivity contribution in [1.82, 2.24) is 5.32 Å². The Hall–Kier alpha value is -1.26. The number of aliphatic hydroxyl groups is 1. The molecule has 1 aromatic carbocycles. The van der Waals surface area contributed by atoms with E-state index in [2.05, 4.69) is 5.32 Å². The summed E-state index contributed by atoms with van der Waals surface area (Å²) in [6.07, 6.45) is 3.01. The van der Waals surface area contributed by atoms with Gasteiger partial charge in [0.1, 0.15) is 0 Å². The normalized spacial score (nSPS) is 23.2. The molecule has 2 rings (SSSR count). The van der Waals surface area contributed by atoms with E-state index in [9.17, 15) is 10.2 Å². The van der Waals surface area contributed by atoms with E-state index in [1.54, 1.807) is 13.2 Å². The molecule has 0 saturated heterocycles. The second-order valence-corrected chi connectivity index (χ2v) is 4.90. The Labute approximate surface area is 108 Å². The van der Waals surface area contributed by atoms with Crippen LogP contribution in [-0.4, -0.2) is 30.0 Å².